The average Bonchev–Trinajstić information content (AvgIpc) is 2.61. The van der Waals surface area contributed by atoms with Crippen LogP contribution in [0.4, 0.5) is 5.69 Å². The van der Waals surface area contributed by atoms with Gasteiger partial charge < -0.3 is 25.2 Å². The third-order valence-electron chi connectivity index (χ3n) is 4.30. The Morgan fingerprint density at radius 2 is 1.85 bits per heavy atom. The summed E-state index contributed by atoms with van der Waals surface area (Å²) in [5, 5.41) is 9.37. The SMILES string of the molecule is CC(C)C[C@H](N)C(=O)O[C@H](Cc1ccc(N2CCOCC2)cc1)C(=O)O. The highest BCUT2D eigenvalue weighted by Crippen LogP contribution is 2.18. The Morgan fingerprint density at radius 3 is 2.38 bits per heavy atom. The van der Waals surface area contributed by atoms with E-state index in [1.165, 1.54) is 0 Å². The molecule has 0 amide bonds. The van der Waals surface area contributed by atoms with Gasteiger partial charge in [0.05, 0.1) is 13.2 Å². The van der Waals surface area contributed by atoms with E-state index in [0.29, 0.717) is 19.6 Å². The molecule has 1 aromatic rings. The van der Waals surface area contributed by atoms with Gasteiger partial charge in [-0.15, -0.1) is 0 Å². The highest BCUT2D eigenvalue weighted by Gasteiger charge is 2.26. The Bertz CT molecular complexity index is 596. The second-order valence-electron chi connectivity index (χ2n) is 6.97. The van der Waals surface area contributed by atoms with E-state index in [2.05, 4.69) is 4.90 Å². The van der Waals surface area contributed by atoms with Crippen molar-refractivity contribution in [2.24, 2.45) is 11.7 Å². The third kappa shape index (κ3) is 6.00. The van der Waals surface area contributed by atoms with Gasteiger partial charge in [-0.25, -0.2) is 4.79 Å². The van der Waals surface area contributed by atoms with Gasteiger partial charge in [0, 0.05) is 25.2 Å². The average molecular weight is 364 g/mol. The molecule has 0 unspecified atom stereocenters. The molecule has 1 heterocycles. The fourth-order valence-electron chi connectivity index (χ4n) is 2.89. The van der Waals surface area contributed by atoms with Gasteiger partial charge in [0.2, 0.25) is 6.10 Å². The Labute approximate surface area is 154 Å². The Morgan fingerprint density at radius 1 is 1.23 bits per heavy atom. The number of hydrogen-bond acceptors (Lipinski definition) is 6. The molecule has 1 saturated heterocycles. The summed E-state index contributed by atoms with van der Waals surface area (Å²) in [6, 6.07) is 6.82. The van der Waals surface area contributed by atoms with Gasteiger partial charge in [0.15, 0.2) is 0 Å². The van der Waals surface area contributed by atoms with Crippen molar-refractivity contribution in [3.05, 3.63) is 29.8 Å². The van der Waals surface area contributed by atoms with Gasteiger partial charge in [-0.3, -0.25) is 4.79 Å². The van der Waals surface area contributed by atoms with Crippen LogP contribution in [0.25, 0.3) is 0 Å². The van der Waals surface area contributed by atoms with E-state index in [1.54, 1.807) is 0 Å². The molecule has 144 valence electrons. The number of rotatable bonds is 8. The quantitative estimate of drug-likeness (QED) is 0.673. The van der Waals surface area contributed by atoms with Gasteiger partial charge >= 0.3 is 11.9 Å². The Kier molecular flexibility index (Phi) is 7.41. The molecule has 0 radical (unpaired) electrons. The molecule has 0 bridgehead atoms. The van der Waals surface area contributed by atoms with Crippen molar-refractivity contribution in [2.45, 2.75) is 38.8 Å². The van der Waals surface area contributed by atoms with Crippen LogP contribution >= 0.6 is 0 Å². The first-order chi connectivity index (χ1) is 12.4. The zero-order valence-corrected chi connectivity index (χ0v) is 15.4. The maximum absolute atomic E-state index is 12.0. The van der Waals surface area contributed by atoms with Crippen LogP contribution < -0.4 is 10.6 Å². The highest BCUT2D eigenvalue weighted by molar-refractivity contribution is 5.81. The first-order valence-corrected chi connectivity index (χ1v) is 8.97. The molecule has 26 heavy (non-hydrogen) atoms. The van der Waals surface area contributed by atoms with Crippen molar-refractivity contribution in [1.82, 2.24) is 0 Å². The third-order valence-corrected chi connectivity index (χ3v) is 4.30. The van der Waals surface area contributed by atoms with Gasteiger partial charge in [-0.1, -0.05) is 26.0 Å². The second kappa shape index (κ2) is 9.54. The fraction of sp³-hybridized carbons (Fsp3) is 0.579. The maximum Gasteiger partial charge on any atom is 0.345 e. The zero-order valence-electron chi connectivity index (χ0n) is 15.4. The van der Waals surface area contributed by atoms with Crippen LogP contribution in [0.5, 0.6) is 0 Å². The molecule has 1 aromatic carbocycles. The molecular weight excluding hydrogens is 336 g/mol. The second-order valence-corrected chi connectivity index (χ2v) is 6.97. The molecule has 0 saturated carbocycles. The van der Waals surface area contributed by atoms with Crippen LogP contribution in [-0.2, 0) is 25.5 Å². The molecule has 0 aromatic heterocycles. The fourth-order valence-corrected chi connectivity index (χ4v) is 2.89. The van der Waals surface area contributed by atoms with Crippen LogP contribution in [-0.4, -0.2) is 55.5 Å². The van der Waals surface area contributed by atoms with Crippen molar-refractivity contribution in [3.63, 3.8) is 0 Å². The summed E-state index contributed by atoms with van der Waals surface area (Å²) in [6.45, 7) is 6.96. The normalized spacial score (nSPS) is 17.0. The Balaban J connectivity index is 1.96. The van der Waals surface area contributed by atoms with Crippen LogP contribution in [0.15, 0.2) is 24.3 Å². The van der Waals surface area contributed by atoms with E-state index in [1.807, 2.05) is 38.1 Å². The molecule has 2 rings (SSSR count). The van der Waals surface area contributed by atoms with Crippen molar-refractivity contribution >= 4 is 17.6 Å². The number of benzene rings is 1. The topological polar surface area (TPSA) is 102 Å². The predicted octanol–water partition coefficient (Wildman–Crippen LogP) is 1.44. The molecule has 3 N–H and O–H groups in total. The molecular formula is C19H28N2O5. The minimum atomic E-state index is -1.24. The number of ether oxygens (including phenoxy) is 2. The van der Waals surface area contributed by atoms with Gasteiger partial charge in [0.25, 0.3) is 0 Å². The largest absolute Gasteiger partial charge is 0.478 e. The van der Waals surface area contributed by atoms with Crippen LogP contribution in [0.1, 0.15) is 25.8 Å². The number of esters is 1. The molecule has 7 nitrogen and oxygen atoms in total. The number of carbonyl (C=O) groups excluding carboxylic acids is 1. The van der Waals surface area contributed by atoms with Crippen molar-refractivity contribution in [1.29, 1.82) is 0 Å². The summed E-state index contributed by atoms with van der Waals surface area (Å²) in [5.41, 5.74) is 7.64. The van der Waals surface area contributed by atoms with E-state index >= 15 is 0 Å². The van der Waals surface area contributed by atoms with E-state index in [0.717, 1.165) is 24.3 Å². The smallest absolute Gasteiger partial charge is 0.345 e. The summed E-state index contributed by atoms with van der Waals surface area (Å²) in [4.78, 5) is 25.7. The number of anilines is 1. The van der Waals surface area contributed by atoms with Crippen LogP contribution in [0, 0.1) is 5.92 Å². The van der Waals surface area contributed by atoms with Gasteiger partial charge in [-0.2, -0.15) is 0 Å². The summed E-state index contributed by atoms with van der Waals surface area (Å²) < 4.78 is 10.5. The minimum absolute atomic E-state index is 0.110. The van der Waals surface area contributed by atoms with Gasteiger partial charge in [-0.05, 0) is 30.0 Å². The first-order valence-electron chi connectivity index (χ1n) is 8.97. The molecule has 2 atom stereocenters. The van der Waals surface area contributed by atoms with Crippen molar-refractivity contribution in [2.75, 3.05) is 31.2 Å². The van der Waals surface area contributed by atoms with Gasteiger partial charge in [0.1, 0.15) is 6.04 Å². The maximum atomic E-state index is 12.0. The van der Waals surface area contributed by atoms with Crippen LogP contribution in [0.3, 0.4) is 0 Å². The van der Waals surface area contributed by atoms with E-state index in [9.17, 15) is 14.7 Å². The van der Waals surface area contributed by atoms with E-state index in [4.69, 9.17) is 15.2 Å². The number of nitrogens with two attached hydrogens (primary N) is 1. The van der Waals surface area contributed by atoms with Crippen molar-refractivity contribution in [3.8, 4) is 0 Å². The number of carboxylic acid groups (broad SMARTS) is 1. The lowest BCUT2D eigenvalue weighted by Crippen LogP contribution is -2.39. The Hall–Kier alpha value is -2.12. The standard InChI is InChI=1S/C19H28N2O5/c1-13(2)11-16(20)19(24)26-17(18(22)23)12-14-3-5-15(6-4-14)21-7-9-25-10-8-21/h3-6,13,16-17H,7-12,20H2,1-2H3,(H,22,23)/t16-,17+/m0/s1. The lowest BCUT2D eigenvalue weighted by Gasteiger charge is -2.29. The lowest BCUT2D eigenvalue weighted by molar-refractivity contribution is -0.165. The number of carbonyl (C=O) groups is 2. The summed E-state index contributed by atoms with van der Waals surface area (Å²) in [5.74, 6) is -1.61. The summed E-state index contributed by atoms with van der Waals surface area (Å²) in [6.07, 6.45) is -0.673. The zero-order chi connectivity index (χ0) is 19.1. The summed E-state index contributed by atoms with van der Waals surface area (Å²) >= 11 is 0. The minimum Gasteiger partial charge on any atom is -0.478 e. The molecule has 7 heteroatoms. The molecule has 0 aliphatic carbocycles. The number of hydrogen-bond donors (Lipinski definition) is 2. The molecule has 1 aliphatic heterocycles. The van der Waals surface area contributed by atoms with Crippen LogP contribution in [0.2, 0.25) is 0 Å². The number of morpholine rings is 1. The molecule has 0 spiro atoms. The van der Waals surface area contributed by atoms with Crippen molar-refractivity contribution < 1.29 is 24.2 Å². The molecule has 1 fully saturated rings. The lowest BCUT2D eigenvalue weighted by atomic mass is 10.0. The first kappa shape index (κ1) is 20.2. The van der Waals surface area contributed by atoms with E-state index < -0.39 is 24.1 Å². The predicted molar refractivity (Wildman–Crippen MR) is 98.1 cm³/mol. The highest BCUT2D eigenvalue weighted by atomic mass is 16.6. The number of nitrogens with zero attached hydrogens (tertiary/aromatic N) is 1. The number of aliphatic carboxylic acids is 1. The van der Waals surface area contributed by atoms with E-state index in [-0.39, 0.29) is 12.3 Å². The molecule has 1 aliphatic rings. The summed E-state index contributed by atoms with van der Waals surface area (Å²) in [7, 11) is 0. The number of carboxylic acids is 1. The monoisotopic (exact) mass is 364 g/mol.